The molecular formula is C15H20N4. The van der Waals surface area contributed by atoms with E-state index < -0.39 is 0 Å². The van der Waals surface area contributed by atoms with Crippen molar-refractivity contribution in [2.75, 3.05) is 17.2 Å². The van der Waals surface area contributed by atoms with E-state index in [1.807, 2.05) is 6.92 Å². The predicted molar refractivity (Wildman–Crippen MR) is 79.1 cm³/mol. The Morgan fingerprint density at radius 1 is 1.16 bits per heavy atom. The van der Waals surface area contributed by atoms with E-state index in [2.05, 4.69) is 53.0 Å². The second-order valence-electron chi connectivity index (χ2n) is 4.70. The molecule has 0 aliphatic heterocycles. The first-order valence-electron chi connectivity index (χ1n) is 6.50. The number of rotatable bonds is 4. The molecule has 0 bridgehead atoms. The van der Waals surface area contributed by atoms with Crippen molar-refractivity contribution in [1.29, 1.82) is 0 Å². The van der Waals surface area contributed by atoms with Crippen LogP contribution in [0, 0.1) is 13.8 Å². The molecule has 0 amide bonds. The van der Waals surface area contributed by atoms with Gasteiger partial charge in [0.1, 0.15) is 11.6 Å². The maximum absolute atomic E-state index is 5.77. The normalized spacial score (nSPS) is 10.5. The summed E-state index contributed by atoms with van der Waals surface area (Å²) in [6, 6.07) is 10.2. The lowest BCUT2D eigenvalue weighted by Crippen LogP contribution is -2.23. The Morgan fingerprint density at radius 2 is 1.95 bits per heavy atom. The lowest BCUT2D eigenvalue weighted by atomic mass is 10.2. The van der Waals surface area contributed by atoms with Crippen molar-refractivity contribution in [3.05, 3.63) is 47.4 Å². The van der Waals surface area contributed by atoms with Crippen molar-refractivity contribution in [1.82, 2.24) is 9.97 Å². The molecule has 0 saturated heterocycles. The first kappa shape index (κ1) is 13.3. The minimum Gasteiger partial charge on any atom is -0.384 e. The summed E-state index contributed by atoms with van der Waals surface area (Å²) >= 11 is 0. The minimum absolute atomic E-state index is 0.530. The van der Waals surface area contributed by atoms with Crippen LogP contribution >= 0.6 is 0 Å². The van der Waals surface area contributed by atoms with Crippen LogP contribution in [-0.4, -0.2) is 16.5 Å². The number of aryl methyl sites for hydroxylation is 2. The van der Waals surface area contributed by atoms with Gasteiger partial charge in [0.15, 0.2) is 0 Å². The van der Waals surface area contributed by atoms with Crippen LogP contribution in [0.25, 0.3) is 0 Å². The van der Waals surface area contributed by atoms with Crippen LogP contribution in [0.15, 0.2) is 30.3 Å². The molecular weight excluding hydrogens is 236 g/mol. The molecule has 2 N–H and O–H groups in total. The number of nitrogens with two attached hydrogens (primary N) is 1. The molecule has 4 heteroatoms. The third kappa shape index (κ3) is 3.44. The van der Waals surface area contributed by atoms with E-state index in [9.17, 15) is 0 Å². The number of aromatic nitrogens is 2. The van der Waals surface area contributed by atoms with Gasteiger partial charge in [-0.3, -0.25) is 0 Å². The summed E-state index contributed by atoms with van der Waals surface area (Å²) in [7, 11) is 0. The lowest BCUT2D eigenvalue weighted by molar-refractivity contribution is 0.776. The molecule has 100 valence electrons. The van der Waals surface area contributed by atoms with Crippen LogP contribution in [0.4, 0.5) is 11.5 Å². The average molecular weight is 256 g/mol. The Hall–Kier alpha value is -2.10. The Morgan fingerprint density at radius 3 is 2.58 bits per heavy atom. The lowest BCUT2D eigenvalue weighted by Gasteiger charge is -2.22. The number of benzene rings is 1. The van der Waals surface area contributed by atoms with Gasteiger partial charge in [-0.2, -0.15) is 0 Å². The molecule has 1 aromatic heterocycles. The molecule has 2 aromatic rings. The summed E-state index contributed by atoms with van der Waals surface area (Å²) in [5.41, 5.74) is 9.11. The maximum Gasteiger partial charge on any atom is 0.150 e. The van der Waals surface area contributed by atoms with Gasteiger partial charge in [0.25, 0.3) is 0 Å². The number of anilines is 2. The molecule has 1 heterocycles. The monoisotopic (exact) mass is 256 g/mol. The van der Waals surface area contributed by atoms with Gasteiger partial charge in [0, 0.05) is 24.0 Å². The van der Waals surface area contributed by atoms with Gasteiger partial charge in [0.2, 0.25) is 0 Å². The first-order chi connectivity index (χ1) is 9.08. The molecule has 0 unspecified atom stereocenters. The molecule has 0 fully saturated rings. The molecule has 0 aliphatic carbocycles. The van der Waals surface area contributed by atoms with Crippen molar-refractivity contribution in [2.45, 2.75) is 27.3 Å². The standard InChI is InChI=1S/C15H20N4/c1-4-19(13-7-5-6-11(2)8-13)10-15-17-12(3)9-14(16)18-15/h5-9H,4,10H2,1-3H3,(H2,16,17,18). The maximum atomic E-state index is 5.77. The molecule has 0 radical (unpaired) electrons. The van der Waals surface area contributed by atoms with Crippen LogP contribution in [0.3, 0.4) is 0 Å². The number of nitrogen functional groups attached to an aromatic ring is 1. The van der Waals surface area contributed by atoms with Gasteiger partial charge in [-0.25, -0.2) is 9.97 Å². The van der Waals surface area contributed by atoms with Crippen LogP contribution < -0.4 is 10.6 Å². The second-order valence-corrected chi connectivity index (χ2v) is 4.70. The van der Waals surface area contributed by atoms with Gasteiger partial charge >= 0.3 is 0 Å². The van der Waals surface area contributed by atoms with Gasteiger partial charge in [-0.05, 0) is 38.5 Å². The fourth-order valence-corrected chi connectivity index (χ4v) is 2.11. The highest BCUT2D eigenvalue weighted by Gasteiger charge is 2.08. The van der Waals surface area contributed by atoms with E-state index in [4.69, 9.17) is 5.73 Å². The Kier molecular flexibility index (Phi) is 4.00. The summed E-state index contributed by atoms with van der Waals surface area (Å²) in [5, 5.41) is 0. The fourth-order valence-electron chi connectivity index (χ4n) is 2.11. The number of hydrogen-bond acceptors (Lipinski definition) is 4. The second kappa shape index (κ2) is 5.69. The summed E-state index contributed by atoms with van der Waals surface area (Å²) in [6.45, 7) is 7.73. The number of hydrogen-bond donors (Lipinski definition) is 1. The van der Waals surface area contributed by atoms with Gasteiger partial charge in [0.05, 0.1) is 6.54 Å². The van der Waals surface area contributed by atoms with Gasteiger partial charge in [-0.15, -0.1) is 0 Å². The highest BCUT2D eigenvalue weighted by molar-refractivity contribution is 5.48. The molecule has 19 heavy (non-hydrogen) atoms. The van der Waals surface area contributed by atoms with Crippen LogP contribution in [0.2, 0.25) is 0 Å². The van der Waals surface area contributed by atoms with E-state index >= 15 is 0 Å². The fraction of sp³-hybridized carbons (Fsp3) is 0.333. The summed E-state index contributed by atoms with van der Waals surface area (Å²) in [6.07, 6.45) is 0. The van der Waals surface area contributed by atoms with E-state index in [1.165, 1.54) is 11.3 Å². The van der Waals surface area contributed by atoms with E-state index in [0.717, 1.165) is 18.1 Å². The third-order valence-electron chi connectivity index (χ3n) is 3.00. The van der Waals surface area contributed by atoms with Crippen molar-refractivity contribution in [2.24, 2.45) is 0 Å². The highest BCUT2D eigenvalue weighted by atomic mass is 15.1. The zero-order valence-corrected chi connectivity index (χ0v) is 11.7. The largest absolute Gasteiger partial charge is 0.384 e. The first-order valence-corrected chi connectivity index (χ1v) is 6.50. The SMILES string of the molecule is CCN(Cc1nc(C)cc(N)n1)c1cccc(C)c1. The van der Waals surface area contributed by atoms with Crippen molar-refractivity contribution in [3.63, 3.8) is 0 Å². The average Bonchev–Trinajstić information content (AvgIpc) is 2.34. The topological polar surface area (TPSA) is 55.0 Å². The molecule has 0 saturated carbocycles. The smallest absolute Gasteiger partial charge is 0.150 e. The van der Waals surface area contributed by atoms with Gasteiger partial charge in [-0.1, -0.05) is 12.1 Å². The van der Waals surface area contributed by atoms with Crippen LogP contribution in [0.1, 0.15) is 24.0 Å². The number of nitrogens with zero attached hydrogens (tertiary/aromatic N) is 3. The van der Waals surface area contributed by atoms with Crippen molar-refractivity contribution in [3.8, 4) is 0 Å². The van der Waals surface area contributed by atoms with Crippen LogP contribution in [0.5, 0.6) is 0 Å². The molecule has 2 rings (SSSR count). The Labute approximate surface area is 114 Å². The van der Waals surface area contributed by atoms with E-state index in [1.54, 1.807) is 6.07 Å². The molecule has 0 atom stereocenters. The molecule has 0 spiro atoms. The summed E-state index contributed by atoms with van der Waals surface area (Å²) in [5.74, 6) is 1.30. The quantitative estimate of drug-likeness (QED) is 0.913. The van der Waals surface area contributed by atoms with E-state index in [0.29, 0.717) is 12.4 Å². The molecule has 4 nitrogen and oxygen atoms in total. The Bertz CT molecular complexity index is 546. The van der Waals surface area contributed by atoms with Gasteiger partial charge < -0.3 is 10.6 Å². The molecule has 0 aliphatic rings. The van der Waals surface area contributed by atoms with Crippen LogP contribution in [-0.2, 0) is 6.54 Å². The predicted octanol–water partition coefficient (Wildman–Crippen LogP) is 2.70. The minimum atomic E-state index is 0.530. The highest BCUT2D eigenvalue weighted by Crippen LogP contribution is 2.17. The van der Waals surface area contributed by atoms with Crippen molar-refractivity contribution >= 4 is 11.5 Å². The summed E-state index contributed by atoms with van der Waals surface area (Å²) in [4.78, 5) is 11.0. The zero-order chi connectivity index (χ0) is 13.8. The summed E-state index contributed by atoms with van der Waals surface area (Å²) < 4.78 is 0. The molecule has 1 aromatic carbocycles. The zero-order valence-electron chi connectivity index (χ0n) is 11.7. The Balaban J connectivity index is 2.23. The van der Waals surface area contributed by atoms with E-state index in [-0.39, 0.29) is 0 Å². The third-order valence-corrected chi connectivity index (χ3v) is 3.00. The van der Waals surface area contributed by atoms with Crippen molar-refractivity contribution < 1.29 is 0 Å².